The molecule has 1 aromatic carbocycles. The summed E-state index contributed by atoms with van der Waals surface area (Å²) in [5, 5.41) is 29.7. The number of hydrogen-bond donors (Lipinski definition) is 7. The van der Waals surface area contributed by atoms with Gasteiger partial charge in [-0.15, -0.1) is 0 Å². The number of ether oxygens (including phenoxy) is 1. The van der Waals surface area contributed by atoms with Crippen LogP contribution in [0.2, 0.25) is 4.34 Å². The zero-order chi connectivity index (χ0) is 30.8. The van der Waals surface area contributed by atoms with Crippen LogP contribution in [0.3, 0.4) is 0 Å². The summed E-state index contributed by atoms with van der Waals surface area (Å²) >= 11 is 6.89. The summed E-state index contributed by atoms with van der Waals surface area (Å²) in [5.74, 6) is -3.23. The minimum Gasteiger partial charge on any atom is -0.489 e. The molecule has 0 saturated carbocycles. The van der Waals surface area contributed by atoms with Gasteiger partial charge in [0.25, 0.3) is 17.9 Å². The van der Waals surface area contributed by atoms with E-state index >= 15 is 0 Å². The normalized spacial score (nSPS) is 19.7. The summed E-state index contributed by atoms with van der Waals surface area (Å²) in [7, 11) is -4.85. The van der Waals surface area contributed by atoms with Gasteiger partial charge in [-0.1, -0.05) is 28.1 Å². The molecule has 4 rings (SSSR count). The van der Waals surface area contributed by atoms with E-state index in [1.54, 1.807) is 12.1 Å². The Morgan fingerprint density at radius 2 is 2.00 bits per heavy atom. The number of rotatable bonds is 12. The molecular weight excluding hydrogens is 620 g/mol. The van der Waals surface area contributed by atoms with Gasteiger partial charge in [-0.05, 0) is 31.2 Å². The molecule has 226 valence electrons. The first-order valence-corrected chi connectivity index (χ1v) is 14.6. The number of aromatic nitrogens is 1. The summed E-state index contributed by atoms with van der Waals surface area (Å²) in [6.45, 7) is 2.23. The molecule has 2 aliphatic heterocycles. The molecule has 1 aromatic heterocycles. The van der Waals surface area contributed by atoms with Crippen LogP contribution < -0.4 is 26.4 Å². The van der Waals surface area contributed by atoms with E-state index in [0.29, 0.717) is 5.56 Å². The first-order valence-electron chi connectivity index (χ1n) is 12.1. The number of thiazole rings is 1. The monoisotopic (exact) mass is 644 g/mol. The molecule has 0 aliphatic carbocycles. The van der Waals surface area contributed by atoms with Crippen LogP contribution in [-0.2, 0) is 29.5 Å². The Morgan fingerprint density at radius 3 is 2.50 bits per heavy atom. The number of nitrogens with two attached hydrogens (primary N) is 1. The van der Waals surface area contributed by atoms with E-state index in [1.807, 2.05) is 0 Å². The highest BCUT2D eigenvalue weighted by atomic mass is 35.5. The second kappa shape index (κ2) is 12.4. The van der Waals surface area contributed by atoms with Gasteiger partial charge < -0.3 is 36.4 Å². The number of nitrogens with zero attached hydrogens (tertiary/aromatic N) is 3. The number of carboxylic acid groups (broad SMARTS) is 1. The van der Waals surface area contributed by atoms with Crippen molar-refractivity contribution in [2.24, 2.45) is 5.16 Å². The third kappa shape index (κ3) is 6.87. The third-order valence-electron chi connectivity index (χ3n) is 6.13. The quantitative estimate of drug-likeness (QED) is 0.0483. The minimum atomic E-state index is -4.85. The lowest BCUT2D eigenvalue weighted by Gasteiger charge is -2.42. The Hall–Kier alpha value is -4.04. The number of anilines is 1. The average molecular weight is 645 g/mol. The number of amides is 2. The van der Waals surface area contributed by atoms with E-state index in [1.165, 1.54) is 19.1 Å². The van der Waals surface area contributed by atoms with E-state index in [0.717, 1.165) is 24.4 Å². The van der Waals surface area contributed by atoms with Gasteiger partial charge in [-0.3, -0.25) is 19.6 Å². The van der Waals surface area contributed by atoms with Crippen molar-refractivity contribution in [1.29, 1.82) is 5.41 Å². The maximum absolute atomic E-state index is 13.1. The predicted octanol–water partition coefficient (Wildman–Crippen LogP) is -0.963. The summed E-state index contributed by atoms with van der Waals surface area (Å²) in [4.78, 5) is 46.1. The number of aliphatic carboxylic acids is 1. The van der Waals surface area contributed by atoms with Crippen molar-refractivity contribution in [2.45, 2.75) is 31.2 Å². The molecule has 2 fully saturated rings. The van der Waals surface area contributed by atoms with Crippen LogP contribution in [-0.4, -0.2) is 101 Å². The molecular formula is C22H25ClN8O9S2. The van der Waals surface area contributed by atoms with Crippen LogP contribution in [0.5, 0.6) is 5.75 Å². The molecule has 0 spiro atoms. The molecule has 2 aromatic rings. The van der Waals surface area contributed by atoms with E-state index in [4.69, 9.17) is 36.9 Å². The number of carboxylic acids is 1. The van der Waals surface area contributed by atoms with Crippen LogP contribution in [0, 0.1) is 5.41 Å². The molecule has 2 aliphatic rings. The number of carbonyl (C=O) groups excluding carboxylic acids is 2. The molecule has 42 heavy (non-hydrogen) atoms. The molecule has 0 bridgehead atoms. The Morgan fingerprint density at radius 1 is 1.33 bits per heavy atom. The van der Waals surface area contributed by atoms with E-state index in [-0.39, 0.29) is 37.1 Å². The second-order valence-corrected chi connectivity index (χ2v) is 12.0. The molecule has 2 saturated heterocycles. The minimum absolute atomic E-state index is 0.0599. The number of nitrogen functional groups attached to an aromatic ring is 1. The fourth-order valence-electron chi connectivity index (χ4n) is 3.80. The van der Waals surface area contributed by atoms with Gasteiger partial charge in [0.15, 0.2) is 10.8 Å². The van der Waals surface area contributed by atoms with Crippen LogP contribution in [0.4, 0.5) is 5.13 Å². The van der Waals surface area contributed by atoms with Gasteiger partial charge in [0.05, 0.1) is 12.1 Å². The van der Waals surface area contributed by atoms with E-state index in [2.05, 4.69) is 26.1 Å². The number of benzene rings is 1. The fourth-order valence-corrected chi connectivity index (χ4v) is 5.61. The zero-order valence-electron chi connectivity index (χ0n) is 21.6. The van der Waals surface area contributed by atoms with Gasteiger partial charge >= 0.3 is 16.3 Å². The molecule has 0 radical (unpaired) electrons. The maximum Gasteiger partial charge on any atom is 0.362 e. The number of nitrogens with one attached hydrogen (secondary N) is 4. The van der Waals surface area contributed by atoms with Gasteiger partial charge in [-0.25, -0.2) is 14.1 Å². The number of oxime groups is 1. The Bertz CT molecular complexity index is 1530. The lowest BCUT2D eigenvalue weighted by atomic mass is 10.0. The molecule has 3 heterocycles. The van der Waals surface area contributed by atoms with Crippen LogP contribution in [0.25, 0.3) is 0 Å². The molecule has 17 nitrogen and oxygen atoms in total. The van der Waals surface area contributed by atoms with Crippen molar-refractivity contribution < 1.29 is 42.0 Å². The van der Waals surface area contributed by atoms with Crippen molar-refractivity contribution in [2.75, 3.05) is 25.4 Å². The van der Waals surface area contributed by atoms with Crippen molar-refractivity contribution in [1.82, 2.24) is 25.2 Å². The second-order valence-electron chi connectivity index (χ2n) is 9.06. The SMILES string of the molecule is C[C@H]1[C@H](NC(=O)/C(=N\O[C@@H](COc2ccc(C(=N)NC3CNC3)cc2)C(=O)O)c2nc(N)sc2Cl)C(=O)N1S(=O)(=O)O. The van der Waals surface area contributed by atoms with Crippen LogP contribution in [0.15, 0.2) is 29.4 Å². The van der Waals surface area contributed by atoms with Crippen molar-refractivity contribution in [3.05, 3.63) is 39.9 Å². The molecule has 3 atom stereocenters. The summed E-state index contributed by atoms with van der Waals surface area (Å²) in [6, 6.07) is 3.97. The largest absolute Gasteiger partial charge is 0.489 e. The van der Waals surface area contributed by atoms with Gasteiger partial charge in [0.1, 0.15) is 34.3 Å². The highest BCUT2D eigenvalue weighted by Crippen LogP contribution is 2.28. The Labute approximate surface area is 247 Å². The first-order chi connectivity index (χ1) is 19.8. The Balaban J connectivity index is 1.45. The van der Waals surface area contributed by atoms with Crippen molar-refractivity contribution in [3.63, 3.8) is 0 Å². The van der Waals surface area contributed by atoms with Crippen LogP contribution >= 0.6 is 22.9 Å². The smallest absolute Gasteiger partial charge is 0.362 e. The lowest BCUT2D eigenvalue weighted by molar-refractivity contribution is -0.152. The fraction of sp³-hybridized carbons (Fsp3) is 0.364. The molecule has 8 N–H and O–H groups in total. The Kier molecular flexibility index (Phi) is 9.16. The van der Waals surface area contributed by atoms with Gasteiger partial charge in [0.2, 0.25) is 0 Å². The molecule has 0 unspecified atom stereocenters. The predicted molar refractivity (Wildman–Crippen MR) is 149 cm³/mol. The standard InChI is InChI=1S/C22H25ClN8O9S2/c1-9-14(20(33)31(9)42(36,37)38)28-19(32)16(15-17(23)41-22(25)29-15)30-40-13(21(34)35)8-39-12-4-2-10(3-5-12)18(24)27-11-6-26-7-11/h2-5,9,11,13-14,26H,6-8H2,1H3,(H2,24,27)(H2,25,29)(H,28,32)(H,34,35)(H,36,37,38)/b30-16-/t9-,13-,14-/m0/s1. The van der Waals surface area contributed by atoms with Crippen molar-refractivity contribution >= 4 is 67.7 Å². The summed E-state index contributed by atoms with van der Waals surface area (Å²) in [6.07, 6.45) is -1.73. The average Bonchev–Trinajstić information content (AvgIpc) is 3.23. The number of hydrogen-bond acceptors (Lipinski definition) is 13. The van der Waals surface area contributed by atoms with Gasteiger partial charge in [0, 0.05) is 18.7 Å². The molecule has 20 heteroatoms. The first kappa shape index (κ1) is 30.9. The van der Waals surface area contributed by atoms with E-state index < -0.39 is 58.6 Å². The number of halogens is 1. The topological polar surface area (TPSA) is 259 Å². The highest BCUT2D eigenvalue weighted by Gasteiger charge is 2.51. The van der Waals surface area contributed by atoms with E-state index in [9.17, 15) is 27.9 Å². The number of amidine groups is 1. The lowest BCUT2D eigenvalue weighted by Crippen LogP contribution is -2.71. The van der Waals surface area contributed by atoms with Crippen molar-refractivity contribution in [3.8, 4) is 5.75 Å². The highest BCUT2D eigenvalue weighted by molar-refractivity contribution is 7.84. The summed E-state index contributed by atoms with van der Waals surface area (Å²) < 4.78 is 37.4. The maximum atomic E-state index is 13.1. The van der Waals surface area contributed by atoms with Gasteiger partial charge in [-0.2, -0.15) is 8.42 Å². The summed E-state index contributed by atoms with van der Waals surface area (Å²) in [5.41, 5.74) is 5.32. The number of carbonyl (C=O) groups is 3. The zero-order valence-corrected chi connectivity index (χ0v) is 24.0. The van der Waals surface area contributed by atoms with Crippen LogP contribution in [0.1, 0.15) is 18.2 Å². The third-order valence-corrected chi connectivity index (χ3v) is 8.23. The number of β-lactam (4-membered cyclic amide) rings is 1. The molecule has 2 amide bonds.